The van der Waals surface area contributed by atoms with Crippen molar-refractivity contribution in [3.8, 4) is 5.75 Å². The van der Waals surface area contributed by atoms with E-state index in [0.29, 0.717) is 5.75 Å². The maximum atomic E-state index is 9.31. The van der Waals surface area contributed by atoms with Gasteiger partial charge in [-0.3, -0.25) is 0 Å². The van der Waals surface area contributed by atoms with Gasteiger partial charge in [-0.05, 0) is 42.7 Å². The van der Waals surface area contributed by atoms with Gasteiger partial charge in [0, 0.05) is 12.5 Å². The zero-order valence-corrected chi connectivity index (χ0v) is 8.33. The molecule has 2 heteroatoms. The second-order valence-corrected chi connectivity index (χ2v) is 3.58. The quantitative estimate of drug-likeness (QED) is 0.731. The summed E-state index contributed by atoms with van der Waals surface area (Å²) < 4.78 is 0. The fraction of sp³-hybridized carbons (Fsp3) is 0.455. The lowest BCUT2D eigenvalue weighted by Gasteiger charge is -2.15. The molecule has 1 unspecified atom stereocenters. The van der Waals surface area contributed by atoms with E-state index in [9.17, 15) is 5.11 Å². The van der Waals surface area contributed by atoms with E-state index in [1.54, 1.807) is 12.1 Å². The molecule has 0 aliphatic carbocycles. The summed E-state index contributed by atoms with van der Waals surface area (Å²) in [6.45, 7) is 6.03. The van der Waals surface area contributed by atoms with Crippen LogP contribution in [0.1, 0.15) is 29.5 Å². The number of phenolic OH excluding ortho intramolecular Hbond substituents is 1. The number of aliphatic hydroxyl groups is 1. The molecule has 0 aromatic heterocycles. The van der Waals surface area contributed by atoms with Gasteiger partial charge in [-0.1, -0.05) is 6.92 Å². The molecule has 0 radical (unpaired) electrons. The molecule has 72 valence electrons. The van der Waals surface area contributed by atoms with Crippen LogP contribution in [0.15, 0.2) is 12.1 Å². The molecule has 1 rings (SSSR count). The molecule has 1 aromatic carbocycles. The highest BCUT2D eigenvalue weighted by atomic mass is 16.3. The molecule has 2 N–H and O–H groups in total. The molecule has 0 aliphatic rings. The summed E-state index contributed by atoms with van der Waals surface area (Å²) in [4.78, 5) is 0. The molecule has 0 fully saturated rings. The maximum Gasteiger partial charge on any atom is 0.116 e. The van der Waals surface area contributed by atoms with Crippen molar-refractivity contribution in [2.45, 2.75) is 26.7 Å². The van der Waals surface area contributed by atoms with Crippen molar-refractivity contribution in [1.29, 1.82) is 0 Å². The Morgan fingerprint density at radius 3 is 2.08 bits per heavy atom. The van der Waals surface area contributed by atoms with Crippen LogP contribution in [0.2, 0.25) is 0 Å². The molecule has 0 heterocycles. The number of aliphatic hydroxyl groups excluding tert-OH is 1. The summed E-state index contributed by atoms with van der Waals surface area (Å²) in [6.07, 6.45) is 0. The van der Waals surface area contributed by atoms with Crippen LogP contribution >= 0.6 is 0 Å². The molecule has 1 aromatic rings. The van der Waals surface area contributed by atoms with Crippen molar-refractivity contribution >= 4 is 0 Å². The highest BCUT2D eigenvalue weighted by Crippen LogP contribution is 2.26. The molecule has 0 amide bonds. The van der Waals surface area contributed by atoms with Crippen molar-refractivity contribution in [1.82, 2.24) is 0 Å². The van der Waals surface area contributed by atoms with E-state index < -0.39 is 0 Å². The average Bonchev–Trinajstić information content (AvgIpc) is 2.02. The minimum absolute atomic E-state index is 0.139. The van der Waals surface area contributed by atoms with E-state index in [2.05, 4.69) is 0 Å². The van der Waals surface area contributed by atoms with Crippen LogP contribution in [0.25, 0.3) is 0 Å². The van der Waals surface area contributed by atoms with Crippen LogP contribution in [0, 0.1) is 13.8 Å². The maximum absolute atomic E-state index is 9.31. The summed E-state index contributed by atoms with van der Waals surface area (Å²) in [5.41, 5.74) is 3.22. The van der Waals surface area contributed by atoms with Gasteiger partial charge in [0.15, 0.2) is 0 Å². The fourth-order valence-electron chi connectivity index (χ4n) is 1.82. The molecule has 0 aliphatic heterocycles. The highest BCUT2D eigenvalue weighted by Gasteiger charge is 2.11. The van der Waals surface area contributed by atoms with E-state index in [1.807, 2.05) is 20.8 Å². The topological polar surface area (TPSA) is 40.5 Å². The van der Waals surface area contributed by atoms with Gasteiger partial charge >= 0.3 is 0 Å². The minimum Gasteiger partial charge on any atom is -0.508 e. The predicted octanol–water partition coefficient (Wildman–Crippen LogP) is 2.10. The van der Waals surface area contributed by atoms with Crippen molar-refractivity contribution < 1.29 is 10.2 Å². The Labute approximate surface area is 78.8 Å². The van der Waals surface area contributed by atoms with Crippen LogP contribution < -0.4 is 0 Å². The third-order valence-electron chi connectivity index (χ3n) is 2.35. The van der Waals surface area contributed by atoms with E-state index >= 15 is 0 Å². The van der Waals surface area contributed by atoms with Crippen molar-refractivity contribution in [3.05, 3.63) is 28.8 Å². The smallest absolute Gasteiger partial charge is 0.116 e. The number of rotatable bonds is 2. The van der Waals surface area contributed by atoms with Gasteiger partial charge in [-0.2, -0.15) is 0 Å². The Bertz CT molecular complexity index is 282. The van der Waals surface area contributed by atoms with Gasteiger partial charge < -0.3 is 10.2 Å². The zero-order chi connectivity index (χ0) is 10.0. The summed E-state index contributed by atoms with van der Waals surface area (Å²) in [6, 6.07) is 3.46. The number of hydrogen-bond donors (Lipinski definition) is 2. The Kier molecular flexibility index (Phi) is 2.94. The van der Waals surface area contributed by atoms with Gasteiger partial charge in [-0.15, -0.1) is 0 Å². The molecule has 0 saturated heterocycles. The van der Waals surface area contributed by atoms with E-state index in [4.69, 9.17) is 5.11 Å². The SMILES string of the molecule is Cc1cc(O)cc(C)c1C(C)CO. The highest BCUT2D eigenvalue weighted by molar-refractivity contribution is 5.42. The lowest BCUT2D eigenvalue weighted by atomic mass is 9.92. The van der Waals surface area contributed by atoms with Crippen molar-refractivity contribution in [2.75, 3.05) is 6.61 Å². The third-order valence-corrected chi connectivity index (χ3v) is 2.35. The zero-order valence-electron chi connectivity index (χ0n) is 8.33. The molecular weight excluding hydrogens is 164 g/mol. The van der Waals surface area contributed by atoms with Gasteiger partial charge in [0.25, 0.3) is 0 Å². The van der Waals surface area contributed by atoms with Crippen LogP contribution in [-0.2, 0) is 0 Å². The van der Waals surface area contributed by atoms with Gasteiger partial charge in [0.1, 0.15) is 5.75 Å². The van der Waals surface area contributed by atoms with E-state index in [0.717, 1.165) is 16.7 Å². The number of benzene rings is 1. The minimum atomic E-state index is 0.139. The summed E-state index contributed by atoms with van der Waals surface area (Å²) in [5.74, 6) is 0.435. The van der Waals surface area contributed by atoms with E-state index in [-0.39, 0.29) is 12.5 Å². The van der Waals surface area contributed by atoms with Crippen LogP contribution in [0.4, 0.5) is 0 Å². The van der Waals surface area contributed by atoms with E-state index in [1.165, 1.54) is 0 Å². The lowest BCUT2D eigenvalue weighted by molar-refractivity contribution is 0.272. The third kappa shape index (κ3) is 2.01. The van der Waals surface area contributed by atoms with Crippen LogP contribution in [-0.4, -0.2) is 16.8 Å². The summed E-state index contributed by atoms with van der Waals surface area (Å²) in [7, 11) is 0. The standard InChI is InChI=1S/C11H16O2/c1-7-4-10(13)5-8(2)11(7)9(3)6-12/h4-5,9,12-13H,6H2,1-3H3. The average molecular weight is 180 g/mol. The molecule has 0 spiro atoms. The van der Waals surface area contributed by atoms with Gasteiger partial charge in [-0.25, -0.2) is 0 Å². The monoisotopic (exact) mass is 180 g/mol. The van der Waals surface area contributed by atoms with Gasteiger partial charge in [0.2, 0.25) is 0 Å². The number of phenols is 1. The molecule has 0 bridgehead atoms. The number of hydrogen-bond acceptors (Lipinski definition) is 2. The summed E-state index contributed by atoms with van der Waals surface area (Å²) >= 11 is 0. The normalized spacial score (nSPS) is 12.9. The second kappa shape index (κ2) is 3.79. The molecule has 2 nitrogen and oxygen atoms in total. The molecule has 0 saturated carbocycles. The fourth-order valence-corrected chi connectivity index (χ4v) is 1.82. The largest absolute Gasteiger partial charge is 0.508 e. The second-order valence-electron chi connectivity index (χ2n) is 3.58. The Morgan fingerprint density at radius 2 is 1.69 bits per heavy atom. The van der Waals surface area contributed by atoms with Crippen molar-refractivity contribution in [3.63, 3.8) is 0 Å². The van der Waals surface area contributed by atoms with Crippen LogP contribution in [0.5, 0.6) is 5.75 Å². The first-order chi connectivity index (χ1) is 6.06. The Hall–Kier alpha value is -1.02. The van der Waals surface area contributed by atoms with Crippen LogP contribution in [0.3, 0.4) is 0 Å². The predicted molar refractivity (Wildman–Crippen MR) is 53.1 cm³/mol. The number of aryl methyl sites for hydroxylation is 2. The van der Waals surface area contributed by atoms with Gasteiger partial charge in [0.05, 0.1) is 0 Å². The first-order valence-corrected chi connectivity index (χ1v) is 4.47. The first-order valence-electron chi connectivity index (χ1n) is 4.47. The lowest BCUT2D eigenvalue weighted by Crippen LogP contribution is -2.03. The molecule has 1 atom stereocenters. The Morgan fingerprint density at radius 1 is 1.23 bits per heavy atom. The van der Waals surface area contributed by atoms with Crippen molar-refractivity contribution in [2.24, 2.45) is 0 Å². The Balaban J connectivity index is 3.20. The summed E-state index contributed by atoms with van der Waals surface area (Å²) in [5, 5.41) is 18.4. The molecular formula is C11H16O2. The molecule has 13 heavy (non-hydrogen) atoms. The first kappa shape index (κ1) is 10.1. The number of aromatic hydroxyl groups is 1.